The zero-order valence-electron chi connectivity index (χ0n) is 11.7. The van der Waals surface area contributed by atoms with E-state index >= 15 is 0 Å². The molecule has 1 aromatic rings. The van der Waals surface area contributed by atoms with Crippen LogP contribution in [-0.2, 0) is 16.0 Å². The molecule has 0 saturated carbocycles. The lowest BCUT2D eigenvalue weighted by Gasteiger charge is -2.26. The predicted octanol–water partition coefficient (Wildman–Crippen LogP) is 2.31. The summed E-state index contributed by atoms with van der Waals surface area (Å²) in [7, 11) is 6.73. The summed E-state index contributed by atoms with van der Waals surface area (Å²) in [6.07, 6.45) is 3.61. The Hall–Kier alpha value is -0.943. The maximum Gasteiger partial charge on any atom is 0.143 e. The molecular weight excluding hydrogens is 254 g/mol. The summed E-state index contributed by atoms with van der Waals surface area (Å²) in [4.78, 5) is 0. The van der Waals surface area contributed by atoms with Crippen molar-refractivity contribution < 1.29 is 9.47 Å². The van der Waals surface area contributed by atoms with Crippen LogP contribution in [0, 0.1) is 0 Å². The van der Waals surface area contributed by atoms with E-state index in [0.29, 0.717) is 0 Å². The van der Waals surface area contributed by atoms with Gasteiger partial charge in [-0.05, 0) is 30.5 Å². The monoisotopic (exact) mass is 276 g/mol. The van der Waals surface area contributed by atoms with Crippen LogP contribution in [-0.4, -0.2) is 36.4 Å². The molecule has 0 atom stereocenters. The van der Waals surface area contributed by atoms with Gasteiger partial charge in [0.15, 0.2) is 0 Å². The SMILES string of the molecule is C=Cc1ccc(CNCCCC([Si])(OC)OC)cc1. The summed E-state index contributed by atoms with van der Waals surface area (Å²) < 4.78 is 10.5. The number of rotatable bonds is 9. The zero-order valence-corrected chi connectivity index (χ0v) is 12.7. The molecule has 1 rings (SSSR count). The Morgan fingerprint density at radius 3 is 2.42 bits per heavy atom. The Kier molecular flexibility index (Phi) is 7.01. The van der Waals surface area contributed by atoms with Gasteiger partial charge in [0, 0.05) is 20.8 Å². The van der Waals surface area contributed by atoms with E-state index in [1.54, 1.807) is 14.2 Å². The summed E-state index contributed by atoms with van der Waals surface area (Å²) in [6, 6.07) is 8.37. The molecule has 0 heterocycles. The van der Waals surface area contributed by atoms with Gasteiger partial charge in [-0.2, -0.15) is 0 Å². The average molecular weight is 276 g/mol. The minimum atomic E-state index is -0.659. The normalized spacial score (nSPS) is 11.5. The Morgan fingerprint density at radius 1 is 1.26 bits per heavy atom. The first kappa shape index (κ1) is 16.1. The van der Waals surface area contributed by atoms with E-state index in [1.807, 2.05) is 6.08 Å². The van der Waals surface area contributed by atoms with Crippen molar-refractivity contribution in [2.45, 2.75) is 24.8 Å². The minimum Gasteiger partial charge on any atom is -0.358 e. The van der Waals surface area contributed by atoms with Crippen molar-refractivity contribution in [3.8, 4) is 0 Å². The lowest BCUT2D eigenvalue weighted by molar-refractivity contribution is -0.146. The van der Waals surface area contributed by atoms with Crippen LogP contribution in [0.2, 0.25) is 0 Å². The second kappa shape index (κ2) is 8.27. The quantitative estimate of drug-likeness (QED) is 0.426. The van der Waals surface area contributed by atoms with Gasteiger partial charge in [-0.25, -0.2) is 0 Å². The lowest BCUT2D eigenvalue weighted by atomic mass is 10.1. The molecule has 0 aliphatic carbocycles. The second-order valence-electron chi connectivity index (χ2n) is 4.39. The average Bonchev–Trinajstić information content (AvgIpc) is 2.47. The molecule has 0 bridgehead atoms. The van der Waals surface area contributed by atoms with Crippen LogP contribution in [0.5, 0.6) is 0 Å². The molecule has 0 spiro atoms. The molecule has 103 valence electrons. The van der Waals surface area contributed by atoms with Crippen molar-refractivity contribution in [1.29, 1.82) is 0 Å². The van der Waals surface area contributed by atoms with E-state index in [9.17, 15) is 0 Å². The molecule has 3 nitrogen and oxygen atoms in total. The molecule has 1 N–H and O–H groups in total. The third-order valence-electron chi connectivity index (χ3n) is 3.06. The van der Waals surface area contributed by atoms with Crippen LogP contribution in [0.4, 0.5) is 0 Å². The van der Waals surface area contributed by atoms with Gasteiger partial charge in [-0.15, -0.1) is 0 Å². The predicted molar refractivity (Wildman–Crippen MR) is 80.0 cm³/mol. The van der Waals surface area contributed by atoms with E-state index < -0.39 is 5.41 Å². The standard InChI is InChI=1S/C15H22NO2Si/c1-4-13-6-8-14(9-7-13)12-16-11-5-10-15(19,17-2)18-3/h4,6-9,16H,1,5,10-12H2,2-3H3. The highest BCUT2D eigenvalue weighted by Gasteiger charge is 2.21. The summed E-state index contributed by atoms with van der Waals surface area (Å²) in [5.74, 6) is 0. The maximum absolute atomic E-state index is 5.23. The van der Waals surface area contributed by atoms with Gasteiger partial charge in [0.05, 0.1) is 0 Å². The number of nitrogens with one attached hydrogen (secondary N) is 1. The van der Waals surface area contributed by atoms with Gasteiger partial charge < -0.3 is 14.8 Å². The van der Waals surface area contributed by atoms with Crippen molar-refractivity contribution >= 4 is 16.3 Å². The number of benzene rings is 1. The van der Waals surface area contributed by atoms with Crippen LogP contribution in [0.15, 0.2) is 30.8 Å². The van der Waals surface area contributed by atoms with E-state index in [0.717, 1.165) is 31.5 Å². The molecule has 0 fully saturated rings. The van der Waals surface area contributed by atoms with E-state index in [2.05, 4.69) is 46.4 Å². The van der Waals surface area contributed by atoms with Crippen LogP contribution in [0.3, 0.4) is 0 Å². The van der Waals surface area contributed by atoms with Crippen LogP contribution in [0.25, 0.3) is 6.08 Å². The fourth-order valence-corrected chi connectivity index (χ4v) is 1.91. The molecule has 0 aliphatic rings. The molecule has 0 aromatic heterocycles. The summed E-state index contributed by atoms with van der Waals surface area (Å²) in [5, 5.41) is 3.40. The fourth-order valence-electron chi connectivity index (χ4n) is 1.74. The topological polar surface area (TPSA) is 30.5 Å². The van der Waals surface area contributed by atoms with Crippen molar-refractivity contribution in [3.05, 3.63) is 42.0 Å². The van der Waals surface area contributed by atoms with Gasteiger partial charge in [0.2, 0.25) is 0 Å². The van der Waals surface area contributed by atoms with Crippen LogP contribution < -0.4 is 5.32 Å². The van der Waals surface area contributed by atoms with Gasteiger partial charge in [-0.3, -0.25) is 0 Å². The van der Waals surface area contributed by atoms with Crippen molar-refractivity contribution in [1.82, 2.24) is 5.32 Å². The molecule has 0 saturated heterocycles. The molecule has 0 unspecified atom stereocenters. The van der Waals surface area contributed by atoms with Gasteiger partial charge >= 0.3 is 0 Å². The summed E-state index contributed by atoms with van der Waals surface area (Å²) in [5.41, 5.74) is 1.76. The number of hydrogen-bond acceptors (Lipinski definition) is 3. The number of ether oxygens (including phenoxy) is 2. The fraction of sp³-hybridized carbons (Fsp3) is 0.467. The Labute approximate surface area is 119 Å². The lowest BCUT2D eigenvalue weighted by Crippen LogP contribution is -2.35. The largest absolute Gasteiger partial charge is 0.358 e. The molecule has 0 aliphatic heterocycles. The molecule has 0 amide bonds. The van der Waals surface area contributed by atoms with Crippen molar-refractivity contribution in [2.75, 3.05) is 20.8 Å². The summed E-state index contributed by atoms with van der Waals surface area (Å²) >= 11 is 0. The minimum absolute atomic E-state index is 0.659. The van der Waals surface area contributed by atoms with Gasteiger partial charge in [0.1, 0.15) is 15.7 Å². The third-order valence-corrected chi connectivity index (χ3v) is 3.72. The van der Waals surface area contributed by atoms with Crippen molar-refractivity contribution in [3.63, 3.8) is 0 Å². The number of hydrogen-bond donors (Lipinski definition) is 1. The van der Waals surface area contributed by atoms with E-state index in [-0.39, 0.29) is 0 Å². The zero-order chi connectivity index (χ0) is 14.1. The van der Waals surface area contributed by atoms with Gasteiger partial charge in [0.25, 0.3) is 0 Å². The number of methoxy groups -OCH3 is 2. The molecule has 19 heavy (non-hydrogen) atoms. The molecule has 4 heteroatoms. The van der Waals surface area contributed by atoms with Crippen LogP contribution >= 0.6 is 0 Å². The highest BCUT2D eigenvalue weighted by Crippen LogP contribution is 2.13. The second-order valence-corrected chi connectivity index (χ2v) is 5.15. The Morgan fingerprint density at radius 2 is 1.89 bits per heavy atom. The van der Waals surface area contributed by atoms with E-state index in [1.165, 1.54) is 5.56 Å². The molecular formula is C15H22NO2Si. The molecule has 1 aromatic carbocycles. The smallest absolute Gasteiger partial charge is 0.143 e. The maximum atomic E-state index is 5.23. The Balaban J connectivity index is 2.21. The first-order chi connectivity index (χ1) is 9.13. The van der Waals surface area contributed by atoms with Crippen molar-refractivity contribution in [2.24, 2.45) is 0 Å². The first-order valence-corrected chi connectivity index (χ1v) is 6.91. The summed E-state index contributed by atoms with van der Waals surface area (Å²) in [6.45, 7) is 5.53. The Bertz CT molecular complexity index is 374. The third kappa shape index (κ3) is 5.70. The highest BCUT2D eigenvalue weighted by atomic mass is 28.1. The first-order valence-electron chi connectivity index (χ1n) is 6.41. The van der Waals surface area contributed by atoms with Gasteiger partial charge in [-0.1, -0.05) is 36.9 Å². The highest BCUT2D eigenvalue weighted by molar-refractivity contribution is 6.13. The molecule has 3 radical (unpaired) electrons. The van der Waals surface area contributed by atoms with E-state index in [4.69, 9.17) is 9.47 Å². The van der Waals surface area contributed by atoms with Crippen LogP contribution in [0.1, 0.15) is 24.0 Å².